The van der Waals surface area contributed by atoms with Gasteiger partial charge in [0.2, 0.25) is 0 Å². The Morgan fingerprint density at radius 1 is 0.519 bits per heavy atom. The highest BCUT2D eigenvalue weighted by Crippen LogP contribution is 2.27. The SMILES string of the molecule is Nc1ccc(-c2ccc(C=C(c3ccccc3)c3ccccc3)cc2)cc1. The number of nitrogens with two attached hydrogens (primary N) is 1. The second-order valence-corrected chi connectivity index (χ2v) is 6.53. The summed E-state index contributed by atoms with van der Waals surface area (Å²) < 4.78 is 0. The van der Waals surface area contributed by atoms with Crippen molar-refractivity contribution in [2.45, 2.75) is 0 Å². The minimum atomic E-state index is 0.786. The lowest BCUT2D eigenvalue weighted by Gasteiger charge is -2.09. The summed E-state index contributed by atoms with van der Waals surface area (Å²) in [4.78, 5) is 0. The fraction of sp³-hybridized carbons (Fsp3) is 0. The molecule has 0 radical (unpaired) electrons. The van der Waals surface area contributed by atoms with Crippen LogP contribution in [-0.2, 0) is 0 Å². The van der Waals surface area contributed by atoms with E-state index >= 15 is 0 Å². The lowest BCUT2D eigenvalue weighted by atomic mass is 9.95. The summed E-state index contributed by atoms with van der Waals surface area (Å²) in [7, 11) is 0. The average Bonchev–Trinajstić information content (AvgIpc) is 2.74. The van der Waals surface area contributed by atoms with Crippen LogP contribution in [0.15, 0.2) is 109 Å². The molecule has 0 bridgehead atoms. The third-order valence-corrected chi connectivity index (χ3v) is 4.64. The fourth-order valence-corrected chi connectivity index (χ4v) is 3.18. The molecule has 1 heteroatoms. The highest BCUT2D eigenvalue weighted by Gasteiger charge is 2.05. The van der Waals surface area contributed by atoms with Gasteiger partial charge in [-0.1, -0.05) is 97.1 Å². The standard InChI is InChI=1S/C26H21N/c27-25-17-15-22(16-18-25)21-13-11-20(12-14-21)19-26(23-7-3-1-4-8-23)24-9-5-2-6-10-24/h1-19H,27H2. The smallest absolute Gasteiger partial charge is 0.0314 e. The van der Waals surface area contributed by atoms with Crippen LogP contribution in [0.1, 0.15) is 16.7 Å². The van der Waals surface area contributed by atoms with Crippen LogP contribution in [0.5, 0.6) is 0 Å². The molecule has 0 amide bonds. The lowest BCUT2D eigenvalue weighted by molar-refractivity contribution is 1.55. The number of rotatable bonds is 4. The normalized spacial score (nSPS) is 10.4. The molecular formula is C26H21N. The molecule has 0 saturated heterocycles. The molecular weight excluding hydrogens is 326 g/mol. The van der Waals surface area contributed by atoms with E-state index in [1.807, 2.05) is 24.3 Å². The van der Waals surface area contributed by atoms with Gasteiger partial charge in [-0.2, -0.15) is 0 Å². The molecule has 1 nitrogen and oxygen atoms in total. The van der Waals surface area contributed by atoms with Crippen molar-refractivity contribution >= 4 is 17.3 Å². The van der Waals surface area contributed by atoms with Crippen LogP contribution in [-0.4, -0.2) is 0 Å². The lowest BCUT2D eigenvalue weighted by Crippen LogP contribution is -1.88. The predicted molar refractivity (Wildman–Crippen MR) is 116 cm³/mol. The van der Waals surface area contributed by atoms with Crippen LogP contribution in [0.25, 0.3) is 22.8 Å². The maximum atomic E-state index is 5.79. The number of benzene rings is 4. The minimum absolute atomic E-state index is 0.786. The van der Waals surface area contributed by atoms with E-state index in [-0.39, 0.29) is 0 Å². The zero-order chi connectivity index (χ0) is 18.5. The monoisotopic (exact) mass is 347 g/mol. The highest BCUT2D eigenvalue weighted by molar-refractivity contribution is 5.91. The van der Waals surface area contributed by atoms with Crippen LogP contribution in [0, 0.1) is 0 Å². The van der Waals surface area contributed by atoms with E-state index in [4.69, 9.17) is 5.73 Å². The summed E-state index contributed by atoms with van der Waals surface area (Å²) in [6.07, 6.45) is 2.25. The molecule has 0 saturated carbocycles. The van der Waals surface area contributed by atoms with Crippen molar-refractivity contribution in [2.24, 2.45) is 0 Å². The van der Waals surface area contributed by atoms with E-state index in [1.165, 1.54) is 33.4 Å². The van der Waals surface area contributed by atoms with E-state index < -0.39 is 0 Å². The first-order chi connectivity index (χ1) is 13.3. The summed E-state index contributed by atoms with van der Waals surface area (Å²) in [5.74, 6) is 0. The van der Waals surface area contributed by atoms with E-state index in [0.29, 0.717) is 0 Å². The summed E-state index contributed by atoms with van der Waals surface area (Å²) in [6.45, 7) is 0. The van der Waals surface area contributed by atoms with Gasteiger partial charge in [-0.05, 0) is 51.6 Å². The second kappa shape index (κ2) is 7.76. The predicted octanol–water partition coefficient (Wildman–Crippen LogP) is 6.52. The molecule has 0 aliphatic heterocycles. The molecule has 0 aliphatic carbocycles. The van der Waals surface area contributed by atoms with E-state index in [2.05, 4.69) is 91.0 Å². The van der Waals surface area contributed by atoms with Crippen molar-refractivity contribution in [2.75, 3.05) is 5.73 Å². The van der Waals surface area contributed by atoms with Gasteiger partial charge in [-0.15, -0.1) is 0 Å². The maximum absolute atomic E-state index is 5.79. The first-order valence-electron chi connectivity index (χ1n) is 9.08. The number of hydrogen-bond donors (Lipinski definition) is 1. The van der Waals surface area contributed by atoms with E-state index in [1.54, 1.807) is 0 Å². The summed E-state index contributed by atoms with van der Waals surface area (Å²) in [5.41, 5.74) is 13.8. The maximum Gasteiger partial charge on any atom is 0.0314 e. The molecule has 0 heterocycles. The average molecular weight is 347 g/mol. The topological polar surface area (TPSA) is 26.0 Å². The Labute approximate surface area is 160 Å². The van der Waals surface area contributed by atoms with Crippen LogP contribution < -0.4 is 5.73 Å². The van der Waals surface area contributed by atoms with Crippen LogP contribution in [0.4, 0.5) is 5.69 Å². The largest absolute Gasteiger partial charge is 0.399 e. The summed E-state index contributed by atoms with van der Waals surface area (Å²) in [5, 5.41) is 0. The molecule has 0 aliphatic rings. The molecule has 0 atom stereocenters. The van der Waals surface area contributed by atoms with Crippen molar-refractivity contribution in [1.29, 1.82) is 0 Å². The number of hydrogen-bond acceptors (Lipinski definition) is 1. The van der Waals surface area contributed by atoms with Crippen molar-refractivity contribution < 1.29 is 0 Å². The van der Waals surface area contributed by atoms with Gasteiger partial charge in [0.25, 0.3) is 0 Å². The first kappa shape index (κ1) is 16.9. The Hall–Kier alpha value is -3.58. The summed E-state index contributed by atoms with van der Waals surface area (Å²) >= 11 is 0. The molecule has 4 rings (SSSR count). The van der Waals surface area contributed by atoms with Gasteiger partial charge in [0.05, 0.1) is 0 Å². The molecule has 4 aromatic carbocycles. The summed E-state index contributed by atoms with van der Waals surface area (Å²) in [6, 6.07) is 37.7. The van der Waals surface area contributed by atoms with Crippen molar-refractivity contribution in [3.05, 3.63) is 126 Å². The van der Waals surface area contributed by atoms with Gasteiger partial charge in [0.1, 0.15) is 0 Å². The molecule has 4 aromatic rings. The van der Waals surface area contributed by atoms with Crippen molar-refractivity contribution in [1.82, 2.24) is 0 Å². The Bertz CT molecular complexity index is 987. The van der Waals surface area contributed by atoms with Gasteiger partial charge < -0.3 is 5.73 Å². The Kier molecular flexibility index (Phi) is 4.84. The second-order valence-electron chi connectivity index (χ2n) is 6.53. The number of anilines is 1. The molecule has 130 valence electrons. The fourth-order valence-electron chi connectivity index (χ4n) is 3.18. The molecule has 0 unspecified atom stereocenters. The zero-order valence-electron chi connectivity index (χ0n) is 15.0. The zero-order valence-corrected chi connectivity index (χ0v) is 15.0. The third kappa shape index (κ3) is 3.99. The molecule has 0 fully saturated rings. The Morgan fingerprint density at radius 2 is 0.963 bits per heavy atom. The van der Waals surface area contributed by atoms with Gasteiger partial charge in [0.15, 0.2) is 0 Å². The van der Waals surface area contributed by atoms with Gasteiger partial charge in [-0.3, -0.25) is 0 Å². The Morgan fingerprint density at radius 3 is 1.44 bits per heavy atom. The first-order valence-corrected chi connectivity index (χ1v) is 9.08. The van der Waals surface area contributed by atoms with Crippen molar-refractivity contribution in [3.8, 4) is 11.1 Å². The number of nitrogen functional groups attached to an aromatic ring is 1. The van der Waals surface area contributed by atoms with Crippen LogP contribution in [0.3, 0.4) is 0 Å². The molecule has 0 spiro atoms. The third-order valence-electron chi connectivity index (χ3n) is 4.64. The Balaban J connectivity index is 1.71. The minimum Gasteiger partial charge on any atom is -0.399 e. The van der Waals surface area contributed by atoms with Crippen LogP contribution in [0.2, 0.25) is 0 Å². The van der Waals surface area contributed by atoms with Crippen LogP contribution >= 0.6 is 0 Å². The molecule has 0 aromatic heterocycles. The molecule has 27 heavy (non-hydrogen) atoms. The van der Waals surface area contributed by atoms with E-state index in [0.717, 1.165) is 5.69 Å². The quantitative estimate of drug-likeness (QED) is 0.330. The van der Waals surface area contributed by atoms with Gasteiger partial charge >= 0.3 is 0 Å². The van der Waals surface area contributed by atoms with Gasteiger partial charge in [0, 0.05) is 5.69 Å². The van der Waals surface area contributed by atoms with E-state index in [9.17, 15) is 0 Å². The highest BCUT2D eigenvalue weighted by atomic mass is 14.5. The van der Waals surface area contributed by atoms with Gasteiger partial charge in [-0.25, -0.2) is 0 Å². The van der Waals surface area contributed by atoms with Crippen molar-refractivity contribution in [3.63, 3.8) is 0 Å². The molecule has 2 N–H and O–H groups in total.